The van der Waals surface area contributed by atoms with E-state index in [1.807, 2.05) is 0 Å². The Balaban J connectivity index is 2.04. The Morgan fingerprint density at radius 1 is 1.17 bits per heavy atom. The minimum absolute atomic E-state index is 0.211. The van der Waals surface area contributed by atoms with Crippen LogP contribution in [0, 0.1) is 5.82 Å². The number of nitrogens with zero attached hydrogens (tertiary/aromatic N) is 3. The van der Waals surface area contributed by atoms with Gasteiger partial charge in [-0.25, -0.2) is 14.4 Å². The van der Waals surface area contributed by atoms with Crippen LogP contribution in [-0.2, 0) is 0 Å². The summed E-state index contributed by atoms with van der Waals surface area (Å²) in [4.78, 5) is 12.4. The highest BCUT2D eigenvalue weighted by atomic mass is 35.5. The van der Waals surface area contributed by atoms with E-state index >= 15 is 0 Å². The van der Waals surface area contributed by atoms with E-state index in [-0.39, 0.29) is 11.4 Å². The zero-order valence-corrected chi connectivity index (χ0v) is 12.9. The molecule has 3 aromatic rings. The maximum absolute atomic E-state index is 14.0. The lowest BCUT2D eigenvalue weighted by Crippen LogP contribution is -2.01. The summed E-state index contributed by atoms with van der Waals surface area (Å²) in [5.41, 5.74) is 0.993. The maximum atomic E-state index is 14.0. The summed E-state index contributed by atoms with van der Waals surface area (Å²) in [5, 5.41) is 3.50. The molecule has 0 fully saturated rings. The molecule has 0 aliphatic rings. The molecule has 5 nitrogen and oxygen atoms in total. The number of benzene rings is 1. The fraction of sp³-hybridized carbons (Fsp3) is 0.0625. The molecule has 0 unspecified atom stereocenters. The number of halogens is 2. The summed E-state index contributed by atoms with van der Waals surface area (Å²) in [6.45, 7) is 0. The van der Waals surface area contributed by atoms with Crippen LogP contribution in [-0.4, -0.2) is 22.1 Å². The predicted molar refractivity (Wildman–Crippen MR) is 86.5 cm³/mol. The van der Waals surface area contributed by atoms with Gasteiger partial charge >= 0.3 is 0 Å². The predicted octanol–water partition coefficient (Wildman–Crippen LogP) is 4.08. The Hall–Kier alpha value is -2.73. The largest absolute Gasteiger partial charge is 0.491 e. The number of nitrogens with one attached hydrogen (secondary N) is 1. The van der Waals surface area contributed by atoms with Gasteiger partial charge in [0.15, 0.2) is 17.4 Å². The van der Waals surface area contributed by atoms with Crippen molar-refractivity contribution in [3.05, 3.63) is 59.8 Å². The first-order valence-corrected chi connectivity index (χ1v) is 7.08. The average molecular weight is 331 g/mol. The molecule has 2 heterocycles. The van der Waals surface area contributed by atoms with Gasteiger partial charge in [-0.2, -0.15) is 0 Å². The molecule has 0 saturated heterocycles. The van der Waals surface area contributed by atoms with Gasteiger partial charge in [0.2, 0.25) is 0 Å². The van der Waals surface area contributed by atoms with Gasteiger partial charge in [0.25, 0.3) is 0 Å². The van der Waals surface area contributed by atoms with Crippen molar-refractivity contribution in [1.29, 1.82) is 0 Å². The van der Waals surface area contributed by atoms with Crippen LogP contribution in [0.15, 0.2) is 48.9 Å². The molecule has 0 aliphatic carbocycles. The van der Waals surface area contributed by atoms with Gasteiger partial charge in [-0.05, 0) is 30.3 Å². The van der Waals surface area contributed by atoms with Gasteiger partial charge < -0.3 is 10.1 Å². The van der Waals surface area contributed by atoms with Gasteiger partial charge in [0.1, 0.15) is 5.82 Å². The first kappa shape index (κ1) is 15.2. The maximum Gasteiger partial charge on any atom is 0.179 e. The molecule has 0 atom stereocenters. The van der Waals surface area contributed by atoms with E-state index in [9.17, 15) is 4.39 Å². The monoisotopic (exact) mass is 330 g/mol. The normalized spacial score (nSPS) is 10.4. The number of hydrogen-bond acceptors (Lipinski definition) is 5. The fourth-order valence-corrected chi connectivity index (χ4v) is 2.15. The summed E-state index contributed by atoms with van der Waals surface area (Å²) in [6.07, 6.45) is 4.77. The van der Waals surface area contributed by atoms with Crippen molar-refractivity contribution >= 4 is 23.1 Å². The molecule has 0 aliphatic heterocycles. The second-order valence-corrected chi connectivity index (χ2v) is 5.03. The Labute approximate surface area is 137 Å². The summed E-state index contributed by atoms with van der Waals surface area (Å²) in [5.74, 6) is 0.618. The SMILES string of the molecule is COc1cnc(-c2cc(Cl)ccc2F)nc1Nc1ccncc1. The fourth-order valence-electron chi connectivity index (χ4n) is 1.98. The average Bonchev–Trinajstić information content (AvgIpc) is 2.58. The molecule has 1 aromatic carbocycles. The van der Waals surface area contributed by atoms with Crippen LogP contribution >= 0.6 is 11.6 Å². The third-order valence-electron chi connectivity index (χ3n) is 3.09. The lowest BCUT2D eigenvalue weighted by atomic mass is 10.2. The van der Waals surface area contributed by atoms with E-state index in [1.165, 1.54) is 31.5 Å². The number of aromatic nitrogens is 3. The molecule has 116 valence electrons. The quantitative estimate of drug-likeness (QED) is 0.781. The molecule has 0 amide bonds. The highest BCUT2D eigenvalue weighted by molar-refractivity contribution is 6.30. The van der Waals surface area contributed by atoms with Crippen molar-refractivity contribution in [2.75, 3.05) is 12.4 Å². The van der Waals surface area contributed by atoms with Crippen molar-refractivity contribution in [2.45, 2.75) is 0 Å². The van der Waals surface area contributed by atoms with Crippen molar-refractivity contribution in [1.82, 2.24) is 15.0 Å². The molecule has 23 heavy (non-hydrogen) atoms. The number of pyridine rings is 1. The smallest absolute Gasteiger partial charge is 0.179 e. The lowest BCUT2D eigenvalue weighted by Gasteiger charge is -2.11. The van der Waals surface area contributed by atoms with E-state index in [0.29, 0.717) is 16.6 Å². The number of hydrogen-bond donors (Lipinski definition) is 1. The Morgan fingerprint density at radius 3 is 2.70 bits per heavy atom. The zero-order valence-electron chi connectivity index (χ0n) is 12.1. The minimum atomic E-state index is -0.450. The minimum Gasteiger partial charge on any atom is -0.491 e. The Morgan fingerprint density at radius 2 is 1.96 bits per heavy atom. The molecule has 7 heteroatoms. The van der Waals surface area contributed by atoms with Crippen LogP contribution in [0.5, 0.6) is 5.75 Å². The standard InChI is InChI=1S/C16H12ClFN4O/c1-23-14-9-20-15(12-8-10(17)2-3-13(12)18)22-16(14)21-11-4-6-19-7-5-11/h2-9H,1H3,(H,19,20,21,22). The highest BCUT2D eigenvalue weighted by Crippen LogP contribution is 2.29. The van der Waals surface area contributed by atoms with E-state index in [4.69, 9.17) is 16.3 Å². The molecule has 0 bridgehead atoms. The van der Waals surface area contributed by atoms with E-state index < -0.39 is 5.82 Å². The third-order valence-corrected chi connectivity index (χ3v) is 3.32. The van der Waals surface area contributed by atoms with Crippen LogP contribution in [0.3, 0.4) is 0 Å². The summed E-state index contributed by atoms with van der Waals surface area (Å²) in [7, 11) is 1.51. The van der Waals surface area contributed by atoms with Gasteiger partial charge in [-0.15, -0.1) is 0 Å². The van der Waals surface area contributed by atoms with Gasteiger partial charge in [-0.3, -0.25) is 4.98 Å². The summed E-state index contributed by atoms with van der Waals surface area (Å²) < 4.78 is 19.2. The molecular weight excluding hydrogens is 319 g/mol. The lowest BCUT2D eigenvalue weighted by molar-refractivity contribution is 0.413. The van der Waals surface area contributed by atoms with Crippen LogP contribution < -0.4 is 10.1 Å². The molecule has 3 rings (SSSR count). The number of rotatable bonds is 4. The highest BCUT2D eigenvalue weighted by Gasteiger charge is 2.13. The zero-order chi connectivity index (χ0) is 16.2. The Bertz CT molecular complexity index is 830. The topological polar surface area (TPSA) is 59.9 Å². The van der Waals surface area contributed by atoms with E-state index in [0.717, 1.165) is 5.69 Å². The van der Waals surface area contributed by atoms with Crippen LogP contribution in [0.4, 0.5) is 15.9 Å². The van der Waals surface area contributed by atoms with Crippen LogP contribution in [0.1, 0.15) is 0 Å². The first-order chi connectivity index (χ1) is 11.2. The molecule has 0 spiro atoms. The molecule has 1 N–H and O–H groups in total. The van der Waals surface area contributed by atoms with E-state index in [1.54, 1.807) is 24.5 Å². The first-order valence-electron chi connectivity index (χ1n) is 6.71. The van der Waals surface area contributed by atoms with Gasteiger partial charge in [0.05, 0.1) is 18.9 Å². The van der Waals surface area contributed by atoms with E-state index in [2.05, 4.69) is 20.3 Å². The number of anilines is 2. The van der Waals surface area contributed by atoms with Crippen molar-refractivity contribution < 1.29 is 9.13 Å². The summed E-state index contributed by atoms with van der Waals surface area (Å²) in [6, 6.07) is 7.79. The van der Waals surface area contributed by atoms with Gasteiger partial charge in [0, 0.05) is 23.1 Å². The number of methoxy groups -OCH3 is 1. The van der Waals surface area contributed by atoms with Crippen molar-refractivity contribution in [3.8, 4) is 17.1 Å². The molecular formula is C16H12ClFN4O. The van der Waals surface area contributed by atoms with Crippen molar-refractivity contribution in [2.24, 2.45) is 0 Å². The van der Waals surface area contributed by atoms with Crippen LogP contribution in [0.2, 0.25) is 5.02 Å². The van der Waals surface area contributed by atoms with Gasteiger partial charge in [-0.1, -0.05) is 11.6 Å². The molecule has 0 saturated carbocycles. The summed E-state index contributed by atoms with van der Waals surface area (Å²) >= 11 is 5.93. The third kappa shape index (κ3) is 3.37. The van der Waals surface area contributed by atoms with Crippen molar-refractivity contribution in [3.63, 3.8) is 0 Å². The second-order valence-electron chi connectivity index (χ2n) is 4.60. The number of ether oxygens (including phenoxy) is 1. The second kappa shape index (κ2) is 6.58. The van der Waals surface area contributed by atoms with Crippen LogP contribution in [0.25, 0.3) is 11.4 Å². The molecule has 0 radical (unpaired) electrons. The Kier molecular flexibility index (Phi) is 4.34. The molecule has 2 aromatic heterocycles.